The fraction of sp³-hybridized carbons (Fsp3) is 0.458. The first-order valence-corrected chi connectivity index (χ1v) is 10.8. The second-order valence-electron chi connectivity index (χ2n) is 7.80. The van der Waals surface area contributed by atoms with Gasteiger partial charge in [0.1, 0.15) is 11.9 Å². The molecule has 0 bridgehead atoms. The van der Waals surface area contributed by atoms with Gasteiger partial charge in [-0.05, 0) is 38.3 Å². The van der Waals surface area contributed by atoms with Gasteiger partial charge in [-0.3, -0.25) is 9.89 Å². The molecular formula is C24H33FN4O. The summed E-state index contributed by atoms with van der Waals surface area (Å²) in [4.78, 5) is 7.00. The Kier molecular flexibility index (Phi) is 8.22. The van der Waals surface area contributed by atoms with Crippen molar-refractivity contribution in [3.8, 4) is 0 Å². The first-order chi connectivity index (χ1) is 14.6. The normalized spacial score (nSPS) is 18.1. The number of aliphatic hydroxyl groups excluding tert-OH is 1. The van der Waals surface area contributed by atoms with Crippen LogP contribution in [0, 0.1) is 5.82 Å². The van der Waals surface area contributed by atoms with E-state index in [4.69, 9.17) is 0 Å². The van der Waals surface area contributed by atoms with Gasteiger partial charge in [0.25, 0.3) is 0 Å². The number of likely N-dealkylation sites (tertiary alicyclic amines) is 1. The molecule has 30 heavy (non-hydrogen) atoms. The highest BCUT2D eigenvalue weighted by atomic mass is 19.1. The molecule has 2 aromatic rings. The Bertz CT molecular complexity index is 806. The lowest BCUT2D eigenvalue weighted by atomic mass is 10.0. The summed E-state index contributed by atoms with van der Waals surface area (Å²) < 4.78 is 13.9. The van der Waals surface area contributed by atoms with Gasteiger partial charge in [0.05, 0.1) is 6.54 Å². The van der Waals surface area contributed by atoms with Gasteiger partial charge in [-0.25, -0.2) is 4.39 Å². The summed E-state index contributed by atoms with van der Waals surface area (Å²) in [7, 11) is 0. The van der Waals surface area contributed by atoms with Crippen LogP contribution in [0.15, 0.2) is 59.6 Å². The Balaban J connectivity index is 1.53. The molecule has 0 amide bonds. The fourth-order valence-electron chi connectivity index (χ4n) is 3.91. The van der Waals surface area contributed by atoms with E-state index in [0.717, 1.165) is 32.5 Å². The van der Waals surface area contributed by atoms with Gasteiger partial charge in [0, 0.05) is 37.3 Å². The van der Waals surface area contributed by atoms with Crippen LogP contribution in [0.4, 0.5) is 4.39 Å². The Morgan fingerprint density at radius 1 is 1.13 bits per heavy atom. The van der Waals surface area contributed by atoms with Gasteiger partial charge in [-0.2, -0.15) is 0 Å². The van der Waals surface area contributed by atoms with Crippen LogP contribution >= 0.6 is 0 Å². The lowest BCUT2D eigenvalue weighted by Crippen LogP contribution is -2.49. The lowest BCUT2D eigenvalue weighted by Gasteiger charge is -2.37. The highest BCUT2D eigenvalue weighted by Crippen LogP contribution is 2.24. The zero-order valence-electron chi connectivity index (χ0n) is 17.9. The van der Waals surface area contributed by atoms with E-state index in [-0.39, 0.29) is 12.1 Å². The molecule has 162 valence electrons. The number of rotatable bonds is 7. The molecule has 0 aromatic heterocycles. The molecule has 2 unspecified atom stereocenters. The second-order valence-corrected chi connectivity index (χ2v) is 7.80. The summed E-state index contributed by atoms with van der Waals surface area (Å²) in [6.07, 6.45) is 1.09. The highest BCUT2D eigenvalue weighted by Gasteiger charge is 2.24. The molecule has 6 heteroatoms. The summed E-state index contributed by atoms with van der Waals surface area (Å²) in [5.41, 5.74) is 1.63. The maximum Gasteiger partial charge on any atom is 0.191 e. The van der Waals surface area contributed by atoms with Crippen LogP contribution < -0.4 is 10.6 Å². The van der Waals surface area contributed by atoms with Crippen LogP contribution in [0.1, 0.15) is 50.0 Å². The molecular weight excluding hydrogens is 379 g/mol. The molecule has 0 saturated carbocycles. The Morgan fingerprint density at radius 3 is 2.47 bits per heavy atom. The number of hydrogen-bond acceptors (Lipinski definition) is 3. The van der Waals surface area contributed by atoms with Crippen molar-refractivity contribution in [1.82, 2.24) is 15.5 Å². The van der Waals surface area contributed by atoms with E-state index >= 15 is 0 Å². The number of halogens is 1. The van der Waals surface area contributed by atoms with Gasteiger partial charge in [-0.1, -0.05) is 48.5 Å². The Morgan fingerprint density at radius 2 is 1.80 bits per heavy atom. The number of aliphatic hydroxyl groups is 1. The number of nitrogens with one attached hydrogen (secondary N) is 2. The molecule has 1 aliphatic rings. The van der Waals surface area contributed by atoms with Crippen LogP contribution in [0.3, 0.4) is 0 Å². The average molecular weight is 413 g/mol. The number of nitrogens with zero attached hydrogens (tertiary/aromatic N) is 2. The molecule has 5 nitrogen and oxygen atoms in total. The summed E-state index contributed by atoms with van der Waals surface area (Å²) in [6, 6.07) is 17.6. The van der Waals surface area contributed by atoms with Crippen molar-refractivity contribution in [2.75, 3.05) is 26.2 Å². The minimum atomic E-state index is -0.963. The zero-order chi connectivity index (χ0) is 21.3. The molecule has 0 aliphatic carbocycles. The van der Waals surface area contributed by atoms with Crippen LogP contribution in [-0.2, 0) is 0 Å². The van der Waals surface area contributed by atoms with Gasteiger partial charge in [0.15, 0.2) is 5.96 Å². The molecule has 2 aromatic carbocycles. The van der Waals surface area contributed by atoms with Crippen molar-refractivity contribution < 1.29 is 9.50 Å². The van der Waals surface area contributed by atoms with E-state index in [1.54, 1.807) is 18.2 Å². The zero-order valence-corrected chi connectivity index (χ0v) is 17.9. The molecule has 1 aliphatic heterocycles. The van der Waals surface area contributed by atoms with E-state index < -0.39 is 11.9 Å². The highest BCUT2D eigenvalue weighted by molar-refractivity contribution is 5.80. The number of piperidine rings is 1. The van der Waals surface area contributed by atoms with Gasteiger partial charge >= 0.3 is 0 Å². The van der Waals surface area contributed by atoms with Gasteiger partial charge in [-0.15, -0.1) is 0 Å². The summed E-state index contributed by atoms with van der Waals surface area (Å²) in [6.45, 7) is 7.15. The van der Waals surface area contributed by atoms with E-state index in [2.05, 4.69) is 57.8 Å². The van der Waals surface area contributed by atoms with Crippen molar-refractivity contribution in [2.45, 2.75) is 44.9 Å². The Labute approximate surface area is 179 Å². The van der Waals surface area contributed by atoms with Crippen LogP contribution in [-0.4, -0.2) is 48.2 Å². The fourth-order valence-corrected chi connectivity index (χ4v) is 3.91. The molecule has 3 N–H and O–H groups in total. The van der Waals surface area contributed by atoms with Gasteiger partial charge in [0.2, 0.25) is 0 Å². The molecule has 2 atom stereocenters. The minimum Gasteiger partial charge on any atom is -0.386 e. The third-order valence-electron chi connectivity index (χ3n) is 5.73. The van der Waals surface area contributed by atoms with E-state index in [1.807, 2.05) is 6.92 Å². The Hall–Kier alpha value is -2.44. The number of hydrogen-bond donors (Lipinski definition) is 3. The quantitative estimate of drug-likeness (QED) is 0.480. The van der Waals surface area contributed by atoms with Crippen molar-refractivity contribution in [2.24, 2.45) is 4.99 Å². The maximum absolute atomic E-state index is 13.9. The summed E-state index contributed by atoms with van der Waals surface area (Å²) >= 11 is 0. The smallest absolute Gasteiger partial charge is 0.191 e. The summed E-state index contributed by atoms with van der Waals surface area (Å²) in [5, 5.41) is 17.0. The molecule has 3 rings (SSSR count). The predicted octanol–water partition coefficient (Wildman–Crippen LogP) is 3.64. The topological polar surface area (TPSA) is 59.9 Å². The second kappa shape index (κ2) is 11.1. The van der Waals surface area contributed by atoms with E-state index in [9.17, 15) is 9.50 Å². The molecule has 0 radical (unpaired) electrons. The lowest BCUT2D eigenvalue weighted by molar-refractivity contribution is 0.158. The van der Waals surface area contributed by atoms with E-state index in [1.165, 1.54) is 11.6 Å². The van der Waals surface area contributed by atoms with Gasteiger partial charge < -0.3 is 15.7 Å². The number of benzene rings is 2. The minimum absolute atomic E-state index is 0.111. The van der Waals surface area contributed by atoms with Crippen LogP contribution in [0.25, 0.3) is 0 Å². The average Bonchev–Trinajstić information content (AvgIpc) is 2.78. The third-order valence-corrected chi connectivity index (χ3v) is 5.73. The molecule has 1 fully saturated rings. The van der Waals surface area contributed by atoms with Crippen LogP contribution in [0.5, 0.6) is 0 Å². The van der Waals surface area contributed by atoms with Crippen LogP contribution in [0.2, 0.25) is 0 Å². The molecule has 1 saturated heterocycles. The SMILES string of the molecule is CCNC(=NCC(O)c1ccccc1F)NC1CCN(C(C)c2ccccc2)CC1. The van der Waals surface area contributed by atoms with Crippen molar-refractivity contribution in [1.29, 1.82) is 0 Å². The third kappa shape index (κ3) is 6.03. The number of aliphatic imine (C=N–C) groups is 1. The van der Waals surface area contributed by atoms with Crippen molar-refractivity contribution >= 4 is 5.96 Å². The molecule has 1 heterocycles. The maximum atomic E-state index is 13.9. The standard InChI is InChI=1S/C24H33FN4O/c1-3-26-24(27-17-23(30)21-11-7-8-12-22(21)25)28-20-13-15-29(16-14-20)18(2)19-9-5-4-6-10-19/h4-12,18,20,23,30H,3,13-17H2,1-2H3,(H2,26,27,28). The summed E-state index contributed by atoms with van der Waals surface area (Å²) in [5.74, 6) is 0.264. The monoisotopic (exact) mass is 412 g/mol. The molecule has 0 spiro atoms. The number of guanidine groups is 1. The largest absolute Gasteiger partial charge is 0.386 e. The van der Waals surface area contributed by atoms with Crippen molar-refractivity contribution in [3.05, 3.63) is 71.5 Å². The first-order valence-electron chi connectivity index (χ1n) is 10.8. The van der Waals surface area contributed by atoms with Crippen molar-refractivity contribution in [3.63, 3.8) is 0 Å². The van der Waals surface area contributed by atoms with E-state index in [0.29, 0.717) is 18.0 Å². The predicted molar refractivity (Wildman–Crippen MR) is 120 cm³/mol. The first kappa shape index (κ1) is 22.2.